The van der Waals surface area contributed by atoms with Gasteiger partial charge in [0.2, 0.25) is 17.5 Å². The van der Waals surface area contributed by atoms with Gasteiger partial charge >= 0.3 is 0 Å². The number of nitrogens with one attached hydrogen (secondary N) is 2. The predicted octanol–water partition coefficient (Wildman–Crippen LogP) is 2.02. The molecule has 2 heterocycles. The molecule has 4 rings (SSSR count). The summed E-state index contributed by atoms with van der Waals surface area (Å²) >= 11 is 0. The lowest BCUT2D eigenvalue weighted by molar-refractivity contribution is -0.114. The van der Waals surface area contributed by atoms with Gasteiger partial charge in [-0.3, -0.25) is 9.59 Å². The number of anilines is 2. The molecule has 2 aromatic heterocycles. The number of benzene rings is 2. The molecule has 13 heteroatoms. The van der Waals surface area contributed by atoms with Crippen molar-refractivity contribution >= 4 is 29.5 Å². The van der Waals surface area contributed by atoms with Crippen LogP contribution in [0.25, 0.3) is 17.1 Å². The van der Waals surface area contributed by atoms with Crippen molar-refractivity contribution in [2.24, 2.45) is 5.10 Å². The molecule has 0 fully saturated rings. The minimum absolute atomic E-state index is 0.0187. The molecule has 0 aliphatic rings. The monoisotopic (exact) mass is 475 g/mol. The zero-order valence-corrected chi connectivity index (χ0v) is 18.8. The second-order valence-corrected chi connectivity index (χ2v) is 7.13. The summed E-state index contributed by atoms with van der Waals surface area (Å²) in [6.45, 7) is 3.82. The van der Waals surface area contributed by atoms with Crippen molar-refractivity contribution in [3.63, 3.8) is 0 Å². The van der Waals surface area contributed by atoms with E-state index in [0.717, 1.165) is 0 Å². The molecule has 0 saturated heterocycles. The maximum atomic E-state index is 12.9. The van der Waals surface area contributed by atoms with E-state index in [1.54, 1.807) is 48.5 Å². The number of hydrogen-bond donors (Lipinski definition) is 3. The van der Waals surface area contributed by atoms with Gasteiger partial charge in [0.25, 0.3) is 5.91 Å². The highest BCUT2D eigenvalue weighted by Gasteiger charge is 2.25. The zero-order valence-electron chi connectivity index (χ0n) is 18.8. The van der Waals surface area contributed by atoms with Crippen molar-refractivity contribution in [1.29, 1.82) is 0 Å². The number of hydrogen-bond acceptors (Lipinski definition) is 10. The molecule has 0 bridgehead atoms. The van der Waals surface area contributed by atoms with E-state index < -0.39 is 5.91 Å². The molecule has 0 spiro atoms. The average Bonchev–Trinajstić information content (AvgIpc) is 3.46. The van der Waals surface area contributed by atoms with Gasteiger partial charge in [0, 0.05) is 18.2 Å². The molecule has 4 aromatic rings. The van der Waals surface area contributed by atoms with Crippen LogP contribution in [0.4, 0.5) is 11.5 Å². The number of nitrogen functional groups attached to an aromatic ring is 1. The first-order valence-electron chi connectivity index (χ1n) is 10.4. The van der Waals surface area contributed by atoms with E-state index in [0.29, 0.717) is 34.9 Å². The number of carbonyl (C=O) groups is 2. The van der Waals surface area contributed by atoms with Gasteiger partial charge in [-0.2, -0.15) is 9.78 Å². The van der Waals surface area contributed by atoms with Crippen LogP contribution in [0.15, 0.2) is 58.3 Å². The third-order valence-corrected chi connectivity index (χ3v) is 4.63. The first-order valence-corrected chi connectivity index (χ1v) is 10.4. The highest BCUT2D eigenvalue weighted by atomic mass is 16.6. The topological polar surface area (TPSA) is 175 Å². The Morgan fingerprint density at radius 1 is 1.14 bits per heavy atom. The van der Waals surface area contributed by atoms with Crippen LogP contribution in [0.3, 0.4) is 0 Å². The van der Waals surface area contributed by atoms with E-state index in [2.05, 4.69) is 41.1 Å². The second kappa shape index (κ2) is 10.2. The molecule has 0 aliphatic heterocycles. The van der Waals surface area contributed by atoms with Gasteiger partial charge in [0.15, 0.2) is 5.69 Å². The fourth-order valence-electron chi connectivity index (χ4n) is 3.13. The van der Waals surface area contributed by atoms with Gasteiger partial charge in [-0.25, -0.2) is 10.1 Å². The predicted molar refractivity (Wildman–Crippen MR) is 126 cm³/mol. The van der Waals surface area contributed by atoms with E-state index in [-0.39, 0.29) is 23.2 Å². The Bertz CT molecular complexity index is 1360. The molecule has 0 aliphatic carbocycles. The van der Waals surface area contributed by atoms with Crippen molar-refractivity contribution in [3.8, 4) is 22.8 Å². The van der Waals surface area contributed by atoms with E-state index in [1.807, 2.05) is 6.92 Å². The van der Waals surface area contributed by atoms with Crippen molar-refractivity contribution < 1.29 is 19.0 Å². The maximum Gasteiger partial charge on any atom is 0.294 e. The number of amides is 2. The molecular weight excluding hydrogens is 454 g/mol. The molecule has 0 radical (unpaired) electrons. The highest BCUT2D eigenvalue weighted by molar-refractivity contribution is 5.99. The Balaban J connectivity index is 1.59. The van der Waals surface area contributed by atoms with Crippen molar-refractivity contribution in [3.05, 3.63) is 59.8 Å². The summed E-state index contributed by atoms with van der Waals surface area (Å²) in [6.07, 6.45) is 1.45. The number of carbonyl (C=O) groups excluding carboxylic acids is 2. The summed E-state index contributed by atoms with van der Waals surface area (Å²) in [6, 6.07) is 13.9. The smallest absolute Gasteiger partial charge is 0.294 e. The second-order valence-electron chi connectivity index (χ2n) is 7.13. The van der Waals surface area contributed by atoms with Crippen molar-refractivity contribution in [1.82, 2.24) is 30.7 Å². The Hall–Kier alpha value is -5.07. The van der Waals surface area contributed by atoms with Gasteiger partial charge in [-0.05, 0) is 59.2 Å². The normalized spacial score (nSPS) is 10.9. The fourth-order valence-corrected chi connectivity index (χ4v) is 3.13. The quantitative estimate of drug-likeness (QED) is 0.254. The molecule has 2 amide bonds. The summed E-state index contributed by atoms with van der Waals surface area (Å²) in [5.41, 5.74) is 10.5. The Morgan fingerprint density at radius 2 is 1.89 bits per heavy atom. The molecule has 0 atom stereocenters. The van der Waals surface area contributed by atoms with Crippen LogP contribution in [0.2, 0.25) is 0 Å². The maximum absolute atomic E-state index is 12.9. The molecule has 178 valence electrons. The lowest BCUT2D eigenvalue weighted by Gasteiger charge is -2.07. The molecule has 0 saturated carbocycles. The van der Waals surface area contributed by atoms with Crippen molar-refractivity contribution in [2.75, 3.05) is 17.7 Å². The number of rotatable bonds is 8. The van der Waals surface area contributed by atoms with Crippen LogP contribution in [0, 0.1) is 0 Å². The number of nitrogens with two attached hydrogens (primary N) is 1. The number of ether oxygens (including phenoxy) is 1. The third kappa shape index (κ3) is 5.30. The van der Waals surface area contributed by atoms with Gasteiger partial charge in [-0.1, -0.05) is 17.3 Å². The standard InChI is InChI=1S/C22H21N9O4/c1-3-34-17-10-6-15(7-11-17)19-18(26-30-31(19)21-20(23)28-35-29-21)22(33)27-24-12-14-4-8-16(9-5-14)25-13(2)32/h4-12H,3H2,1-2H3,(H2,23,28)(H,25,32)(H,27,33)/b24-12-. The van der Waals surface area contributed by atoms with Gasteiger partial charge in [0.05, 0.1) is 12.8 Å². The van der Waals surface area contributed by atoms with E-state index in [4.69, 9.17) is 10.5 Å². The minimum atomic E-state index is -0.610. The van der Waals surface area contributed by atoms with Crippen LogP contribution in [-0.4, -0.2) is 49.9 Å². The van der Waals surface area contributed by atoms with Gasteiger partial charge in [-0.15, -0.1) is 5.10 Å². The van der Waals surface area contributed by atoms with Crippen LogP contribution in [0.5, 0.6) is 5.75 Å². The Kier molecular flexibility index (Phi) is 6.76. The first-order chi connectivity index (χ1) is 17.0. The summed E-state index contributed by atoms with van der Waals surface area (Å²) < 4.78 is 11.4. The summed E-state index contributed by atoms with van der Waals surface area (Å²) in [5.74, 6) is -0.0459. The van der Waals surface area contributed by atoms with Crippen LogP contribution in [-0.2, 0) is 4.79 Å². The van der Waals surface area contributed by atoms with Crippen LogP contribution in [0.1, 0.15) is 29.9 Å². The van der Waals surface area contributed by atoms with E-state index in [1.165, 1.54) is 17.8 Å². The minimum Gasteiger partial charge on any atom is -0.494 e. The van der Waals surface area contributed by atoms with Crippen LogP contribution < -0.4 is 21.2 Å². The van der Waals surface area contributed by atoms with E-state index >= 15 is 0 Å². The molecule has 35 heavy (non-hydrogen) atoms. The SMILES string of the molecule is CCOc1ccc(-c2c(C(=O)N/N=C\c3ccc(NC(C)=O)cc3)nnn2-c2nonc2N)cc1. The summed E-state index contributed by atoms with van der Waals surface area (Å²) in [7, 11) is 0. The lowest BCUT2D eigenvalue weighted by Crippen LogP contribution is -2.19. The van der Waals surface area contributed by atoms with Gasteiger partial charge in [0.1, 0.15) is 11.4 Å². The highest BCUT2D eigenvalue weighted by Crippen LogP contribution is 2.28. The van der Waals surface area contributed by atoms with E-state index in [9.17, 15) is 9.59 Å². The third-order valence-electron chi connectivity index (χ3n) is 4.63. The zero-order chi connectivity index (χ0) is 24.8. The fraction of sp³-hybridized carbons (Fsp3) is 0.136. The molecule has 0 unspecified atom stereocenters. The summed E-state index contributed by atoms with van der Waals surface area (Å²) in [4.78, 5) is 24.1. The molecular formula is C22H21N9O4. The van der Waals surface area contributed by atoms with Crippen LogP contribution >= 0.6 is 0 Å². The first kappa shape index (κ1) is 23.1. The Morgan fingerprint density at radius 3 is 2.51 bits per heavy atom. The molecule has 13 nitrogen and oxygen atoms in total. The van der Waals surface area contributed by atoms with Crippen molar-refractivity contribution in [2.45, 2.75) is 13.8 Å². The largest absolute Gasteiger partial charge is 0.494 e. The molecule has 2 aromatic carbocycles. The average molecular weight is 475 g/mol. The number of hydrazone groups is 1. The Labute approximate surface area is 198 Å². The number of nitrogens with zero attached hydrogens (tertiary/aromatic N) is 6. The van der Waals surface area contributed by atoms with Gasteiger partial charge < -0.3 is 15.8 Å². The number of aromatic nitrogens is 5. The molecule has 4 N–H and O–H groups in total. The summed E-state index contributed by atoms with van der Waals surface area (Å²) in [5, 5.41) is 22.0. The lowest BCUT2D eigenvalue weighted by atomic mass is 10.1.